The molecule has 0 bridgehead atoms. The third-order valence-electron chi connectivity index (χ3n) is 4.90. The number of alkyl halides is 9. The first-order valence-electron chi connectivity index (χ1n) is 10.5. The second-order valence-corrected chi connectivity index (χ2v) is 9.73. The summed E-state index contributed by atoms with van der Waals surface area (Å²) in [5, 5.41) is 3.58. The van der Waals surface area contributed by atoms with Gasteiger partial charge >= 0.3 is 18.5 Å². The van der Waals surface area contributed by atoms with E-state index in [9.17, 15) is 53.5 Å². The maximum absolute atomic E-state index is 14.9. The highest BCUT2D eigenvalue weighted by Gasteiger charge is 2.41. The van der Waals surface area contributed by atoms with Crippen LogP contribution in [0.15, 0.2) is 51.4 Å². The van der Waals surface area contributed by atoms with Crippen LogP contribution in [-0.4, -0.2) is 30.3 Å². The van der Waals surface area contributed by atoms with Crippen LogP contribution < -0.4 is 10.6 Å². The summed E-state index contributed by atoms with van der Waals surface area (Å²) in [4.78, 5) is 23.7. The van der Waals surface area contributed by atoms with E-state index in [0.717, 1.165) is 19.1 Å². The van der Waals surface area contributed by atoms with Crippen LogP contribution in [-0.2, 0) is 11.0 Å². The van der Waals surface area contributed by atoms with E-state index in [4.69, 9.17) is 0 Å². The summed E-state index contributed by atoms with van der Waals surface area (Å²) in [6.45, 7) is 0.980. The van der Waals surface area contributed by atoms with Gasteiger partial charge in [-0.15, -0.1) is 0 Å². The number of hydrogen-bond acceptors (Lipinski definition) is 2. The van der Waals surface area contributed by atoms with E-state index in [2.05, 4.69) is 31.9 Å². The quantitative estimate of drug-likeness (QED) is 0.227. The highest BCUT2D eigenvalue weighted by atomic mass is 79.9. The Hall–Kier alpha value is -2.62. The average molecular weight is 702 g/mol. The summed E-state index contributed by atoms with van der Waals surface area (Å²) in [5.41, 5.74) is -4.18. The third-order valence-corrected chi connectivity index (χ3v) is 6.78. The minimum Gasteiger partial charge on any atom is -0.336 e. The van der Waals surface area contributed by atoms with Crippen molar-refractivity contribution < 1.29 is 53.5 Å². The summed E-state index contributed by atoms with van der Waals surface area (Å²) >= 11 is 6.10. The predicted octanol–water partition coefficient (Wildman–Crippen LogP) is 8.03. The monoisotopic (exact) mass is 700 g/mol. The molecule has 0 fully saturated rings. The maximum Gasteiger partial charge on any atom is 0.417 e. The van der Waals surface area contributed by atoms with E-state index in [1.54, 1.807) is 5.32 Å². The van der Waals surface area contributed by atoms with Crippen molar-refractivity contribution in [1.29, 1.82) is 0 Å². The molecule has 2 aromatic carbocycles. The second-order valence-electron chi connectivity index (χ2n) is 8.02. The van der Waals surface area contributed by atoms with Gasteiger partial charge in [-0.2, -0.15) is 39.5 Å². The van der Waals surface area contributed by atoms with Gasteiger partial charge in [-0.05, 0) is 74.7 Å². The molecular weight excluding hydrogens is 686 g/mol. The van der Waals surface area contributed by atoms with Crippen molar-refractivity contribution in [2.75, 3.05) is 0 Å². The summed E-state index contributed by atoms with van der Waals surface area (Å²) in [6, 6.07) is 4.59. The molecule has 0 saturated carbocycles. The summed E-state index contributed by atoms with van der Waals surface area (Å²) < 4.78 is 134. The molecule has 2 aromatic rings. The van der Waals surface area contributed by atoms with Crippen LogP contribution in [0.4, 0.5) is 43.9 Å². The van der Waals surface area contributed by atoms with Gasteiger partial charge in [0.05, 0.1) is 17.3 Å². The van der Waals surface area contributed by atoms with Gasteiger partial charge in [0.15, 0.2) is 0 Å². The lowest BCUT2D eigenvalue weighted by atomic mass is 9.95. The van der Waals surface area contributed by atoms with E-state index in [-0.39, 0.29) is 16.6 Å². The molecule has 2 unspecified atom stereocenters. The number of halogens is 12. The Morgan fingerprint density at radius 1 is 0.897 bits per heavy atom. The molecule has 2 amide bonds. The fraction of sp³-hybridized carbons (Fsp3) is 0.304. The third kappa shape index (κ3) is 9.51. The Morgan fingerprint density at radius 3 is 2.03 bits per heavy atom. The molecule has 214 valence electrons. The predicted molar refractivity (Wildman–Crippen MR) is 127 cm³/mol. The standard InChI is InChI=1S/C23H16Br2F10N2O2/c1-10(36-19(38)9-21(27,28)29)37-20(39)13-4-2-12(6-15(13)23(33,34)35)18(26)8-14(22(30,31)32)11-3-5-16(24)17(25)7-11/h2-8,10,14H,9H2,1H3,(H,36,38)(H,37,39)/b18-8-. The molecule has 0 aliphatic rings. The molecule has 0 spiro atoms. The van der Waals surface area contributed by atoms with E-state index >= 15 is 0 Å². The first kappa shape index (κ1) is 32.6. The first-order valence-corrected chi connectivity index (χ1v) is 12.0. The summed E-state index contributed by atoms with van der Waals surface area (Å²) in [5.74, 6) is -7.26. The van der Waals surface area contributed by atoms with Gasteiger partial charge in [0.1, 0.15) is 18.2 Å². The normalized spacial score (nSPS) is 14.5. The number of rotatable bonds is 7. The molecule has 2 N–H and O–H groups in total. The average Bonchev–Trinajstić information content (AvgIpc) is 2.76. The zero-order valence-electron chi connectivity index (χ0n) is 19.3. The van der Waals surface area contributed by atoms with Gasteiger partial charge in [-0.3, -0.25) is 9.59 Å². The molecular formula is C23H16Br2F10N2O2. The minimum absolute atomic E-state index is 0.0865. The van der Waals surface area contributed by atoms with Crippen molar-refractivity contribution in [2.45, 2.75) is 44.0 Å². The van der Waals surface area contributed by atoms with Crippen molar-refractivity contribution >= 4 is 49.5 Å². The number of allylic oxidation sites excluding steroid dienone is 1. The van der Waals surface area contributed by atoms with Crippen LogP contribution in [0, 0.1) is 0 Å². The topological polar surface area (TPSA) is 58.2 Å². The SMILES string of the molecule is CC(NC(=O)CC(F)(F)F)NC(=O)c1ccc(/C(F)=C/C(c2ccc(Br)c(Br)c2)C(F)(F)F)cc1C(F)(F)F. The van der Waals surface area contributed by atoms with Crippen LogP contribution in [0.2, 0.25) is 0 Å². The van der Waals surface area contributed by atoms with E-state index in [0.29, 0.717) is 16.6 Å². The Labute approximate surface area is 231 Å². The van der Waals surface area contributed by atoms with Crippen LogP contribution in [0.1, 0.15) is 46.3 Å². The van der Waals surface area contributed by atoms with Gasteiger partial charge in [0.2, 0.25) is 5.91 Å². The number of hydrogen-bond donors (Lipinski definition) is 2. The van der Waals surface area contributed by atoms with Crippen molar-refractivity contribution in [2.24, 2.45) is 0 Å². The van der Waals surface area contributed by atoms with Gasteiger partial charge < -0.3 is 10.6 Å². The Morgan fingerprint density at radius 2 is 1.51 bits per heavy atom. The van der Waals surface area contributed by atoms with E-state index in [1.165, 1.54) is 6.07 Å². The number of carbonyl (C=O) groups is 2. The van der Waals surface area contributed by atoms with Crippen LogP contribution in [0.25, 0.3) is 5.83 Å². The molecule has 0 aromatic heterocycles. The summed E-state index contributed by atoms with van der Waals surface area (Å²) in [7, 11) is 0. The molecule has 2 rings (SSSR count). The molecule has 0 radical (unpaired) electrons. The fourth-order valence-electron chi connectivity index (χ4n) is 3.24. The largest absolute Gasteiger partial charge is 0.417 e. The Kier molecular flexibility index (Phi) is 10.3. The number of carbonyl (C=O) groups excluding carboxylic acids is 2. The molecule has 4 nitrogen and oxygen atoms in total. The fourth-order valence-corrected chi connectivity index (χ4v) is 3.88. The number of nitrogens with one attached hydrogen (secondary N) is 2. The van der Waals surface area contributed by atoms with Crippen LogP contribution in [0.5, 0.6) is 0 Å². The van der Waals surface area contributed by atoms with Crippen molar-refractivity contribution in [3.8, 4) is 0 Å². The number of amides is 2. The maximum atomic E-state index is 14.9. The molecule has 0 aliphatic heterocycles. The van der Waals surface area contributed by atoms with Gasteiger partial charge in [-0.1, -0.05) is 12.1 Å². The smallest absolute Gasteiger partial charge is 0.336 e. The van der Waals surface area contributed by atoms with E-state index in [1.807, 2.05) is 5.32 Å². The minimum atomic E-state index is -5.29. The molecule has 0 heterocycles. The summed E-state index contributed by atoms with van der Waals surface area (Å²) in [6.07, 6.45) is -18.5. The van der Waals surface area contributed by atoms with E-state index < -0.39 is 76.9 Å². The van der Waals surface area contributed by atoms with Gasteiger partial charge in [0, 0.05) is 14.5 Å². The molecule has 39 heavy (non-hydrogen) atoms. The number of benzene rings is 2. The lowest BCUT2D eigenvalue weighted by Crippen LogP contribution is -2.47. The van der Waals surface area contributed by atoms with Gasteiger partial charge in [0.25, 0.3) is 5.91 Å². The Balaban J connectivity index is 2.40. The first-order chi connectivity index (χ1) is 17.7. The Bertz CT molecular complexity index is 1260. The van der Waals surface area contributed by atoms with Crippen molar-refractivity contribution in [3.05, 3.63) is 73.7 Å². The molecule has 16 heteroatoms. The highest BCUT2D eigenvalue weighted by Crippen LogP contribution is 2.41. The second kappa shape index (κ2) is 12.3. The molecule has 0 saturated heterocycles. The molecule has 2 atom stereocenters. The van der Waals surface area contributed by atoms with Crippen molar-refractivity contribution in [1.82, 2.24) is 10.6 Å². The highest BCUT2D eigenvalue weighted by molar-refractivity contribution is 9.13. The zero-order chi connectivity index (χ0) is 29.9. The lowest BCUT2D eigenvalue weighted by Gasteiger charge is -2.20. The van der Waals surface area contributed by atoms with Crippen molar-refractivity contribution in [3.63, 3.8) is 0 Å². The zero-order valence-corrected chi connectivity index (χ0v) is 22.4. The lowest BCUT2D eigenvalue weighted by molar-refractivity contribution is -0.154. The van der Waals surface area contributed by atoms with Crippen LogP contribution in [0.3, 0.4) is 0 Å². The van der Waals surface area contributed by atoms with Crippen LogP contribution >= 0.6 is 31.9 Å². The van der Waals surface area contributed by atoms with Gasteiger partial charge in [-0.25, -0.2) is 4.39 Å². The molecule has 0 aliphatic carbocycles.